The summed E-state index contributed by atoms with van der Waals surface area (Å²) >= 11 is 0. The molecule has 2 nitrogen and oxygen atoms in total. The maximum atomic E-state index is 5.81. The molecule has 0 spiro atoms. The van der Waals surface area contributed by atoms with Gasteiger partial charge in [0.2, 0.25) is 0 Å². The molecule has 1 aromatic rings. The molecule has 0 saturated carbocycles. The molecule has 0 fully saturated rings. The highest BCUT2D eigenvalue weighted by molar-refractivity contribution is 5.19. The summed E-state index contributed by atoms with van der Waals surface area (Å²) in [6.07, 6.45) is 9.16. The maximum absolute atomic E-state index is 5.81. The van der Waals surface area contributed by atoms with E-state index in [1.54, 1.807) is 0 Å². The van der Waals surface area contributed by atoms with Crippen molar-refractivity contribution in [2.75, 3.05) is 13.7 Å². The van der Waals surface area contributed by atoms with Crippen LogP contribution in [0.15, 0.2) is 30.3 Å². The predicted octanol–water partition coefficient (Wildman–Crippen LogP) is 5.10. The van der Waals surface area contributed by atoms with Crippen molar-refractivity contribution in [3.63, 3.8) is 0 Å². The average molecular weight is 291 g/mol. The molecule has 1 aromatic carbocycles. The molecule has 21 heavy (non-hydrogen) atoms. The van der Waals surface area contributed by atoms with E-state index >= 15 is 0 Å². The number of hydrogen-bond donors (Lipinski definition) is 1. The van der Waals surface area contributed by atoms with E-state index in [-0.39, 0.29) is 6.10 Å². The van der Waals surface area contributed by atoms with Crippen molar-refractivity contribution in [3.8, 4) is 0 Å². The van der Waals surface area contributed by atoms with Crippen LogP contribution in [0, 0.1) is 0 Å². The van der Waals surface area contributed by atoms with Gasteiger partial charge in [0.05, 0.1) is 6.10 Å². The highest BCUT2D eigenvalue weighted by Gasteiger charge is 2.21. The van der Waals surface area contributed by atoms with Crippen molar-refractivity contribution in [1.82, 2.24) is 5.32 Å². The topological polar surface area (TPSA) is 21.3 Å². The van der Waals surface area contributed by atoms with Crippen molar-refractivity contribution in [2.45, 2.75) is 70.9 Å². The first-order chi connectivity index (χ1) is 10.3. The zero-order valence-corrected chi connectivity index (χ0v) is 14.1. The fourth-order valence-corrected chi connectivity index (χ4v) is 2.83. The van der Waals surface area contributed by atoms with Crippen LogP contribution in [0.25, 0.3) is 0 Å². The van der Waals surface area contributed by atoms with Crippen LogP contribution in [0.5, 0.6) is 0 Å². The lowest BCUT2D eigenvalue weighted by molar-refractivity contribution is 0.0639. The summed E-state index contributed by atoms with van der Waals surface area (Å²) in [7, 11) is 1.83. The van der Waals surface area contributed by atoms with E-state index in [0.29, 0.717) is 6.04 Å². The van der Waals surface area contributed by atoms with Crippen LogP contribution < -0.4 is 5.32 Å². The lowest BCUT2D eigenvalue weighted by Crippen LogP contribution is -2.36. The Balaban J connectivity index is 2.56. The molecule has 1 rings (SSSR count). The molecule has 2 unspecified atom stereocenters. The molecule has 120 valence electrons. The summed E-state index contributed by atoms with van der Waals surface area (Å²) in [6, 6.07) is 11.0. The summed E-state index contributed by atoms with van der Waals surface area (Å²) in [5.74, 6) is 0. The van der Waals surface area contributed by atoms with Gasteiger partial charge in [-0.05, 0) is 24.9 Å². The Labute approximate surface area is 131 Å². The van der Waals surface area contributed by atoms with E-state index in [1.165, 1.54) is 44.1 Å². The van der Waals surface area contributed by atoms with Crippen LogP contribution in [0.3, 0.4) is 0 Å². The second kappa shape index (κ2) is 11.8. The quantitative estimate of drug-likeness (QED) is 0.541. The van der Waals surface area contributed by atoms with Crippen LogP contribution in [-0.2, 0) is 4.74 Å². The Kier molecular flexibility index (Phi) is 10.2. The van der Waals surface area contributed by atoms with Gasteiger partial charge in [-0.1, -0.05) is 76.3 Å². The number of ether oxygens (including phenoxy) is 1. The van der Waals surface area contributed by atoms with Crippen LogP contribution in [0.1, 0.15) is 70.5 Å². The number of unbranched alkanes of at least 4 members (excludes halogenated alkanes) is 4. The molecule has 0 aromatic heterocycles. The van der Waals surface area contributed by atoms with Gasteiger partial charge in [-0.15, -0.1) is 0 Å². The van der Waals surface area contributed by atoms with Gasteiger partial charge < -0.3 is 10.1 Å². The number of hydrogen-bond acceptors (Lipinski definition) is 2. The minimum Gasteiger partial charge on any atom is -0.375 e. The largest absolute Gasteiger partial charge is 0.375 e. The van der Waals surface area contributed by atoms with E-state index in [2.05, 4.69) is 49.5 Å². The number of nitrogens with one attached hydrogen (secondary N) is 1. The Hall–Kier alpha value is -0.860. The van der Waals surface area contributed by atoms with Crippen molar-refractivity contribution in [1.29, 1.82) is 0 Å². The summed E-state index contributed by atoms with van der Waals surface area (Å²) in [6.45, 7) is 5.55. The van der Waals surface area contributed by atoms with Crippen molar-refractivity contribution in [2.24, 2.45) is 0 Å². The predicted molar refractivity (Wildman–Crippen MR) is 91.6 cm³/mol. The van der Waals surface area contributed by atoms with Crippen LogP contribution in [0.2, 0.25) is 0 Å². The van der Waals surface area contributed by atoms with Crippen molar-refractivity contribution >= 4 is 0 Å². The van der Waals surface area contributed by atoms with Gasteiger partial charge in [-0.2, -0.15) is 0 Å². The molecule has 2 heteroatoms. The fraction of sp³-hybridized carbons (Fsp3) is 0.684. The smallest absolute Gasteiger partial charge is 0.0973 e. The molecular formula is C19H33NO. The monoisotopic (exact) mass is 291 g/mol. The summed E-state index contributed by atoms with van der Waals surface area (Å²) in [5, 5.41) is 3.68. The molecule has 0 amide bonds. The highest BCUT2D eigenvalue weighted by Crippen LogP contribution is 2.24. The van der Waals surface area contributed by atoms with E-state index in [0.717, 1.165) is 13.0 Å². The molecule has 0 aliphatic carbocycles. The average Bonchev–Trinajstić information content (AvgIpc) is 2.53. The van der Waals surface area contributed by atoms with Gasteiger partial charge in [0.25, 0.3) is 0 Å². The molecule has 1 N–H and O–H groups in total. The Morgan fingerprint density at radius 1 is 0.952 bits per heavy atom. The Morgan fingerprint density at radius 2 is 1.67 bits per heavy atom. The molecule has 0 aliphatic heterocycles. The molecule has 0 saturated heterocycles. The number of rotatable bonds is 12. The third kappa shape index (κ3) is 7.10. The molecular weight excluding hydrogens is 258 g/mol. The van der Waals surface area contributed by atoms with Crippen LogP contribution in [-0.4, -0.2) is 19.7 Å². The van der Waals surface area contributed by atoms with Gasteiger partial charge in [0.15, 0.2) is 0 Å². The van der Waals surface area contributed by atoms with Crippen molar-refractivity contribution < 1.29 is 4.74 Å². The first kappa shape index (κ1) is 18.2. The summed E-state index contributed by atoms with van der Waals surface area (Å²) in [4.78, 5) is 0. The van der Waals surface area contributed by atoms with Crippen molar-refractivity contribution in [3.05, 3.63) is 35.9 Å². The Bertz CT molecular complexity index is 339. The van der Waals surface area contributed by atoms with Gasteiger partial charge in [0.1, 0.15) is 0 Å². The minimum absolute atomic E-state index is 0.156. The molecule has 2 atom stereocenters. The summed E-state index contributed by atoms with van der Waals surface area (Å²) in [5.41, 5.74) is 1.28. The second-order valence-electron chi connectivity index (χ2n) is 5.83. The molecule has 0 aliphatic rings. The lowest BCUT2D eigenvalue weighted by Gasteiger charge is -2.27. The fourth-order valence-electron chi connectivity index (χ4n) is 2.83. The standard InChI is InChI=1S/C19H33NO/c1-4-6-7-8-12-15-18(20-16-5-2)19(21-3)17-13-10-9-11-14-17/h9-11,13-14,18-20H,4-8,12,15-16H2,1-3H3. The number of methoxy groups -OCH3 is 1. The van der Waals surface area contributed by atoms with Crippen LogP contribution in [0.4, 0.5) is 0 Å². The van der Waals surface area contributed by atoms with E-state index in [4.69, 9.17) is 4.74 Å². The number of benzene rings is 1. The lowest BCUT2D eigenvalue weighted by atomic mass is 9.96. The summed E-state index contributed by atoms with van der Waals surface area (Å²) < 4.78 is 5.81. The van der Waals surface area contributed by atoms with E-state index < -0.39 is 0 Å². The molecule has 0 bridgehead atoms. The maximum Gasteiger partial charge on any atom is 0.0973 e. The molecule has 0 radical (unpaired) electrons. The van der Waals surface area contributed by atoms with Gasteiger partial charge in [0, 0.05) is 13.2 Å². The minimum atomic E-state index is 0.156. The van der Waals surface area contributed by atoms with Crippen LogP contribution >= 0.6 is 0 Å². The third-order valence-electron chi connectivity index (χ3n) is 4.02. The Morgan fingerprint density at radius 3 is 2.29 bits per heavy atom. The second-order valence-corrected chi connectivity index (χ2v) is 5.83. The normalized spacial score (nSPS) is 14.0. The highest BCUT2D eigenvalue weighted by atomic mass is 16.5. The van der Waals surface area contributed by atoms with Gasteiger partial charge in [-0.3, -0.25) is 0 Å². The first-order valence-electron chi connectivity index (χ1n) is 8.64. The van der Waals surface area contributed by atoms with E-state index in [9.17, 15) is 0 Å². The third-order valence-corrected chi connectivity index (χ3v) is 4.02. The first-order valence-corrected chi connectivity index (χ1v) is 8.64. The van der Waals surface area contributed by atoms with E-state index in [1.807, 2.05) is 7.11 Å². The zero-order chi connectivity index (χ0) is 15.3. The van der Waals surface area contributed by atoms with Gasteiger partial charge >= 0.3 is 0 Å². The molecule has 0 heterocycles. The van der Waals surface area contributed by atoms with Gasteiger partial charge in [-0.25, -0.2) is 0 Å². The zero-order valence-electron chi connectivity index (χ0n) is 14.1. The SMILES string of the molecule is CCCCCCCC(NCCC)C(OC)c1ccccc1.